The van der Waals surface area contributed by atoms with E-state index in [-0.39, 0.29) is 27.7 Å². The molecule has 254 valence electrons. The monoisotopic (exact) mass is 699 g/mol. The summed E-state index contributed by atoms with van der Waals surface area (Å²) >= 11 is 6.12. The molecule has 4 rings (SSSR count). The maximum absolute atomic E-state index is 13.7. The number of nitrogens with one attached hydrogen (secondary N) is 1. The molecule has 0 aromatic heterocycles. The quantitative estimate of drug-likeness (QED) is 0.160. The van der Waals surface area contributed by atoms with Crippen molar-refractivity contribution in [3.8, 4) is 11.1 Å². The molecule has 4 aromatic carbocycles. The second-order valence-corrected chi connectivity index (χ2v) is 13.4. The molecule has 0 unspecified atom stereocenters. The number of carbonyl (C=O) groups excluding carboxylic acids is 2. The molecule has 0 saturated heterocycles. The Morgan fingerprint density at radius 3 is 2.15 bits per heavy atom. The van der Waals surface area contributed by atoms with Crippen LogP contribution in [0.15, 0.2) is 95.9 Å². The molecule has 1 N–H and O–H groups in total. The van der Waals surface area contributed by atoms with Crippen LogP contribution in [0.5, 0.6) is 0 Å². The zero-order chi connectivity index (χ0) is 35.1. The van der Waals surface area contributed by atoms with Gasteiger partial charge in [0.1, 0.15) is 0 Å². The minimum absolute atomic E-state index is 0.0194. The summed E-state index contributed by atoms with van der Waals surface area (Å²) in [6.07, 6.45) is -1.69. The van der Waals surface area contributed by atoms with Crippen molar-refractivity contribution in [3.63, 3.8) is 0 Å². The van der Waals surface area contributed by atoms with Crippen LogP contribution in [0, 0.1) is 0 Å². The molecule has 48 heavy (non-hydrogen) atoms. The average molecular weight is 700 g/mol. The summed E-state index contributed by atoms with van der Waals surface area (Å²) in [5, 5.41) is 0.113. The van der Waals surface area contributed by atoms with Crippen LogP contribution < -0.4 is 9.62 Å². The molecule has 0 aliphatic heterocycles. The zero-order valence-corrected chi connectivity index (χ0v) is 28.4. The highest BCUT2D eigenvalue weighted by atomic mass is 35.5. The standard InChI is InChI=1S/C36H37ClF3N3O4S/c1-4-6-22-43(35(45)42(3)32-15-10-8-13-30(32)36(38,39)40)24-26-16-19-27(20-17-26)29-23-25(11-5-2)18-21-33(29)48(46,47)41-34(44)28-12-7-9-14-31(28)37/h7-10,12-21,23H,4-6,11,22,24H2,1-3H3,(H,41,44). The largest absolute Gasteiger partial charge is 0.418 e. The predicted octanol–water partition coefficient (Wildman–Crippen LogP) is 8.96. The number of para-hydroxylation sites is 1. The van der Waals surface area contributed by atoms with E-state index in [1.807, 2.05) is 13.8 Å². The van der Waals surface area contributed by atoms with Crippen LogP contribution >= 0.6 is 11.6 Å². The highest BCUT2D eigenvalue weighted by Crippen LogP contribution is 2.36. The molecule has 0 spiro atoms. The molecule has 0 aliphatic carbocycles. The van der Waals surface area contributed by atoms with Crippen molar-refractivity contribution in [3.05, 3.63) is 118 Å². The van der Waals surface area contributed by atoms with Gasteiger partial charge in [-0.1, -0.05) is 92.9 Å². The number of carbonyl (C=O) groups is 2. The molecule has 3 amide bonds. The van der Waals surface area contributed by atoms with Gasteiger partial charge in [0.05, 0.1) is 26.7 Å². The molecule has 0 aliphatic rings. The zero-order valence-electron chi connectivity index (χ0n) is 26.9. The lowest BCUT2D eigenvalue weighted by molar-refractivity contribution is -0.137. The molecule has 0 radical (unpaired) electrons. The Balaban J connectivity index is 1.64. The number of rotatable bonds is 12. The van der Waals surface area contributed by atoms with E-state index in [1.165, 1.54) is 48.3 Å². The third-order valence-electron chi connectivity index (χ3n) is 7.77. The molecule has 12 heteroatoms. The van der Waals surface area contributed by atoms with Crippen molar-refractivity contribution >= 4 is 39.2 Å². The lowest BCUT2D eigenvalue weighted by Crippen LogP contribution is -2.42. The minimum atomic E-state index is -4.63. The molecule has 0 heterocycles. The third kappa shape index (κ3) is 8.76. The van der Waals surface area contributed by atoms with Crippen molar-refractivity contribution in [1.29, 1.82) is 0 Å². The Hall–Kier alpha value is -4.35. The molecule has 0 atom stereocenters. The summed E-state index contributed by atoms with van der Waals surface area (Å²) in [5.74, 6) is -0.862. The van der Waals surface area contributed by atoms with E-state index in [0.29, 0.717) is 36.1 Å². The van der Waals surface area contributed by atoms with E-state index >= 15 is 0 Å². The number of hydrogen-bond donors (Lipinski definition) is 1. The number of sulfonamides is 1. The Kier molecular flexibility index (Phi) is 11.9. The molecular weight excluding hydrogens is 663 g/mol. The summed E-state index contributed by atoms with van der Waals surface area (Å²) in [4.78, 5) is 28.9. The number of urea groups is 1. The van der Waals surface area contributed by atoms with Gasteiger partial charge in [-0.05, 0) is 65.9 Å². The van der Waals surface area contributed by atoms with Gasteiger partial charge in [-0.2, -0.15) is 13.2 Å². The summed E-state index contributed by atoms with van der Waals surface area (Å²) in [6, 6.07) is 22.4. The lowest BCUT2D eigenvalue weighted by Gasteiger charge is -2.30. The van der Waals surface area contributed by atoms with Crippen LogP contribution in [0.1, 0.15) is 60.2 Å². The van der Waals surface area contributed by atoms with Crippen molar-refractivity contribution in [2.75, 3.05) is 18.5 Å². The van der Waals surface area contributed by atoms with Crippen LogP contribution in [0.3, 0.4) is 0 Å². The molecule has 0 bridgehead atoms. The first-order valence-electron chi connectivity index (χ1n) is 15.5. The summed E-state index contributed by atoms with van der Waals surface area (Å²) in [6.45, 7) is 4.40. The van der Waals surface area contributed by atoms with Crippen LogP contribution in [0.2, 0.25) is 5.02 Å². The van der Waals surface area contributed by atoms with Gasteiger partial charge in [0.2, 0.25) is 0 Å². The molecular formula is C36H37ClF3N3O4S. The smallest absolute Gasteiger partial charge is 0.320 e. The topological polar surface area (TPSA) is 86.8 Å². The van der Waals surface area contributed by atoms with Crippen LogP contribution in [-0.4, -0.2) is 38.8 Å². The van der Waals surface area contributed by atoms with E-state index in [0.717, 1.165) is 29.4 Å². The molecule has 0 fully saturated rings. The van der Waals surface area contributed by atoms with Gasteiger partial charge >= 0.3 is 12.2 Å². The van der Waals surface area contributed by atoms with E-state index in [4.69, 9.17) is 11.6 Å². The number of alkyl halides is 3. The van der Waals surface area contributed by atoms with E-state index < -0.39 is 33.7 Å². The second kappa shape index (κ2) is 15.7. The van der Waals surface area contributed by atoms with E-state index in [2.05, 4.69) is 4.72 Å². The normalized spacial score (nSPS) is 11.6. The maximum Gasteiger partial charge on any atom is 0.418 e. The predicted molar refractivity (Wildman–Crippen MR) is 183 cm³/mol. The second-order valence-electron chi connectivity index (χ2n) is 11.3. The highest BCUT2D eigenvalue weighted by Gasteiger charge is 2.35. The van der Waals surface area contributed by atoms with Crippen molar-refractivity contribution in [1.82, 2.24) is 9.62 Å². The fraction of sp³-hybridized carbons (Fsp3) is 0.278. The highest BCUT2D eigenvalue weighted by molar-refractivity contribution is 7.90. The minimum Gasteiger partial charge on any atom is -0.320 e. The first-order chi connectivity index (χ1) is 22.8. The van der Waals surface area contributed by atoms with Crippen molar-refractivity contribution < 1.29 is 31.2 Å². The van der Waals surface area contributed by atoms with Crippen molar-refractivity contribution in [2.24, 2.45) is 0 Å². The van der Waals surface area contributed by atoms with Crippen LogP contribution in [-0.2, 0) is 29.2 Å². The summed E-state index contributed by atoms with van der Waals surface area (Å²) < 4.78 is 70.4. The van der Waals surface area contributed by atoms with E-state index in [1.54, 1.807) is 48.5 Å². The Bertz CT molecular complexity index is 1870. The Labute approximate surface area is 284 Å². The number of aryl methyl sites for hydroxylation is 1. The SMILES string of the molecule is CCCCN(Cc1ccc(-c2cc(CCC)ccc2S(=O)(=O)NC(=O)c2ccccc2Cl)cc1)C(=O)N(C)c1ccccc1C(F)(F)F. The lowest BCUT2D eigenvalue weighted by atomic mass is 10.00. The van der Waals surface area contributed by atoms with Gasteiger partial charge in [0.15, 0.2) is 0 Å². The number of unbranched alkanes of at least 4 members (excludes halogenated alkanes) is 1. The number of anilines is 1. The Morgan fingerprint density at radius 1 is 0.854 bits per heavy atom. The van der Waals surface area contributed by atoms with Gasteiger partial charge < -0.3 is 4.90 Å². The fourth-order valence-electron chi connectivity index (χ4n) is 5.28. The maximum atomic E-state index is 13.7. The first kappa shape index (κ1) is 36.5. The summed E-state index contributed by atoms with van der Waals surface area (Å²) in [7, 11) is -3.01. The van der Waals surface area contributed by atoms with Gasteiger partial charge in [-0.3, -0.25) is 9.69 Å². The molecule has 7 nitrogen and oxygen atoms in total. The Morgan fingerprint density at radius 2 is 1.50 bits per heavy atom. The number of hydrogen-bond acceptors (Lipinski definition) is 4. The number of nitrogens with zero attached hydrogens (tertiary/aromatic N) is 2. The molecule has 4 aromatic rings. The third-order valence-corrected chi connectivity index (χ3v) is 9.48. The summed E-state index contributed by atoms with van der Waals surface area (Å²) in [5.41, 5.74) is 1.42. The van der Waals surface area contributed by atoms with Crippen molar-refractivity contribution in [2.45, 2.75) is 57.1 Å². The number of halogens is 4. The van der Waals surface area contributed by atoms with Gasteiger partial charge in [0.25, 0.3) is 15.9 Å². The van der Waals surface area contributed by atoms with Crippen LogP contribution in [0.4, 0.5) is 23.7 Å². The first-order valence-corrected chi connectivity index (χ1v) is 17.4. The van der Waals surface area contributed by atoms with Gasteiger partial charge in [-0.15, -0.1) is 0 Å². The van der Waals surface area contributed by atoms with Gasteiger partial charge in [0, 0.05) is 25.7 Å². The number of benzene rings is 4. The fourth-order valence-corrected chi connectivity index (χ4v) is 6.68. The van der Waals surface area contributed by atoms with Gasteiger partial charge in [-0.25, -0.2) is 17.9 Å². The van der Waals surface area contributed by atoms with E-state index in [9.17, 15) is 31.2 Å². The number of amides is 3. The van der Waals surface area contributed by atoms with Crippen LogP contribution in [0.25, 0.3) is 11.1 Å². The molecule has 0 saturated carbocycles. The average Bonchev–Trinajstić information content (AvgIpc) is 3.06.